The second-order valence-corrected chi connectivity index (χ2v) is 4.55. The van der Waals surface area contributed by atoms with Gasteiger partial charge in [-0.3, -0.25) is 4.79 Å². The van der Waals surface area contributed by atoms with Crippen molar-refractivity contribution in [2.24, 2.45) is 11.7 Å². The third-order valence-electron chi connectivity index (χ3n) is 3.39. The topological polar surface area (TPSA) is 46.3 Å². The van der Waals surface area contributed by atoms with Crippen LogP contribution in [0.2, 0.25) is 0 Å². The molecule has 1 saturated heterocycles. The zero-order valence-electron chi connectivity index (χ0n) is 9.90. The Morgan fingerprint density at radius 2 is 2.24 bits per heavy atom. The van der Waals surface area contributed by atoms with E-state index in [1.165, 1.54) is 6.07 Å². The van der Waals surface area contributed by atoms with Gasteiger partial charge in [0.1, 0.15) is 5.82 Å². The van der Waals surface area contributed by atoms with Gasteiger partial charge in [-0.15, -0.1) is 0 Å². The van der Waals surface area contributed by atoms with Crippen molar-refractivity contribution in [3.05, 3.63) is 35.6 Å². The summed E-state index contributed by atoms with van der Waals surface area (Å²) in [4.78, 5) is 13.5. The van der Waals surface area contributed by atoms with Crippen LogP contribution in [-0.2, 0) is 4.79 Å². The lowest BCUT2D eigenvalue weighted by atomic mass is 10.1. The summed E-state index contributed by atoms with van der Waals surface area (Å²) < 4.78 is 13.6. The number of amides is 1. The molecule has 2 rings (SSSR count). The van der Waals surface area contributed by atoms with Crippen LogP contribution >= 0.6 is 0 Å². The molecule has 0 aliphatic carbocycles. The van der Waals surface area contributed by atoms with Gasteiger partial charge in [-0.05, 0) is 25.5 Å². The molecular weight excluding hydrogens is 219 g/mol. The molecule has 1 aliphatic rings. The van der Waals surface area contributed by atoms with Crippen molar-refractivity contribution in [1.82, 2.24) is 4.90 Å². The molecule has 0 spiro atoms. The Morgan fingerprint density at radius 3 is 2.82 bits per heavy atom. The number of carbonyl (C=O) groups is 1. The average molecular weight is 236 g/mol. The van der Waals surface area contributed by atoms with E-state index < -0.39 is 0 Å². The predicted molar refractivity (Wildman–Crippen MR) is 63.7 cm³/mol. The molecule has 2 unspecified atom stereocenters. The van der Waals surface area contributed by atoms with E-state index in [1.54, 1.807) is 23.1 Å². The van der Waals surface area contributed by atoms with Crippen LogP contribution in [0.3, 0.4) is 0 Å². The number of benzene rings is 1. The highest BCUT2D eigenvalue weighted by Gasteiger charge is 2.32. The first-order valence-electron chi connectivity index (χ1n) is 5.87. The lowest BCUT2D eigenvalue weighted by Crippen LogP contribution is -2.29. The molecule has 1 aromatic carbocycles. The highest BCUT2D eigenvalue weighted by molar-refractivity contribution is 5.79. The molecule has 2 atom stereocenters. The first kappa shape index (κ1) is 12.0. The van der Waals surface area contributed by atoms with Crippen LogP contribution in [0, 0.1) is 11.7 Å². The molecule has 3 nitrogen and oxygen atoms in total. The van der Waals surface area contributed by atoms with Crippen molar-refractivity contribution in [3.63, 3.8) is 0 Å². The van der Waals surface area contributed by atoms with Gasteiger partial charge in [0, 0.05) is 18.5 Å². The zero-order valence-corrected chi connectivity index (χ0v) is 9.90. The van der Waals surface area contributed by atoms with Crippen molar-refractivity contribution < 1.29 is 9.18 Å². The highest BCUT2D eigenvalue weighted by Crippen LogP contribution is 2.29. The van der Waals surface area contributed by atoms with Crippen LogP contribution in [0.1, 0.15) is 24.9 Å². The van der Waals surface area contributed by atoms with E-state index in [2.05, 4.69) is 0 Å². The molecule has 1 amide bonds. The summed E-state index contributed by atoms with van der Waals surface area (Å²) in [5.74, 6) is 0.0110. The highest BCUT2D eigenvalue weighted by atomic mass is 19.1. The van der Waals surface area contributed by atoms with E-state index in [0.29, 0.717) is 25.1 Å². The average Bonchev–Trinajstić information content (AvgIpc) is 2.70. The molecule has 2 N–H and O–H groups in total. The smallest absolute Gasteiger partial charge is 0.223 e. The predicted octanol–water partition coefficient (Wildman–Crippen LogP) is 1.69. The number of likely N-dealkylation sites (tertiary alicyclic amines) is 1. The molecule has 92 valence electrons. The zero-order chi connectivity index (χ0) is 12.4. The Labute approximate surface area is 100 Å². The van der Waals surface area contributed by atoms with Gasteiger partial charge in [0.15, 0.2) is 0 Å². The Hall–Kier alpha value is -1.42. The fourth-order valence-electron chi connectivity index (χ4n) is 2.32. The minimum Gasteiger partial charge on any atom is -0.335 e. The maximum absolute atomic E-state index is 13.6. The van der Waals surface area contributed by atoms with Crippen molar-refractivity contribution in [3.8, 4) is 0 Å². The van der Waals surface area contributed by atoms with Gasteiger partial charge in [-0.1, -0.05) is 18.2 Å². The molecular formula is C13H17FN2O. The lowest BCUT2D eigenvalue weighted by Gasteiger charge is -2.25. The SMILES string of the molecule is CC(c1ccccc1F)N1CC(CN)CC1=O. The Bertz CT molecular complexity index is 422. The molecule has 1 fully saturated rings. The summed E-state index contributed by atoms with van der Waals surface area (Å²) in [6, 6.07) is 6.37. The van der Waals surface area contributed by atoms with E-state index in [4.69, 9.17) is 5.73 Å². The van der Waals surface area contributed by atoms with Crippen molar-refractivity contribution in [2.45, 2.75) is 19.4 Å². The number of hydrogen-bond acceptors (Lipinski definition) is 2. The van der Waals surface area contributed by atoms with Gasteiger partial charge in [0.2, 0.25) is 5.91 Å². The Kier molecular flexibility index (Phi) is 3.43. The first-order valence-corrected chi connectivity index (χ1v) is 5.87. The normalized spacial score (nSPS) is 21.9. The molecule has 0 bridgehead atoms. The minimum absolute atomic E-state index is 0.0659. The van der Waals surface area contributed by atoms with Crippen LogP contribution in [0.15, 0.2) is 24.3 Å². The molecule has 1 heterocycles. The molecule has 0 aromatic heterocycles. The molecule has 0 saturated carbocycles. The number of nitrogens with zero attached hydrogens (tertiary/aromatic N) is 1. The summed E-state index contributed by atoms with van der Waals surface area (Å²) >= 11 is 0. The maximum atomic E-state index is 13.6. The van der Waals surface area contributed by atoms with Gasteiger partial charge < -0.3 is 10.6 Å². The van der Waals surface area contributed by atoms with Crippen LogP contribution in [0.25, 0.3) is 0 Å². The number of halogens is 1. The lowest BCUT2D eigenvalue weighted by molar-refractivity contribution is -0.129. The minimum atomic E-state index is -0.260. The molecule has 1 aromatic rings. The first-order chi connectivity index (χ1) is 8.13. The van der Waals surface area contributed by atoms with E-state index in [1.807, 2.05) is 6.92 Å². The van der Waals surface area contributed by atoms with E-state index in [9.17, 15) is 9.18 Å². The number of nitrogens with two attached hydrogens (primary N) is 1. The fraction of sp³-hybridized carbons (Fsp3) is 0.462. The largest absolute Gasteiger partial charge is 0.335 e. The third kappa shape index (κ3) is 2.31. The number of carbonyl (C=O) groups excluding carboxylic acids is 1. The van der Waals surface area contributed by atoms with E-state index in [-0.39, 0.29) is 23.7 Å². The molecule has 1 aliphatic heterocycles. The number of hydrogen-bond donors (Lipinski definition) is 1. The standard InChI is InChI=1S/C13H17FN2O/c1-9(11-4-2-3-5-12(11)14)16-8-10(7-15)6-13(16)17/h2-5,9-10H,6-8,15H2,1H3. The Balaban J connectivity index is 2.18. The monoisotopic (exact) mass is 236 g/mol. The summed E-state index contributed by atoms with van der Waals surface area (Å²) in [5, 5.41) is 0. The second-order valence-electron chi connectivity index (χ2n) is 4.55. The quantitative estimate of drug-likeness (QED) is 0.868. The summed E-state index contributed by atoms with van der Waals surface area (Å²) in [6.07, 6.45) is 0.481. The van der Waals surface area contributed by atoms with Gasteiger partial charge in [-0.25, -0.2) is 4.39 Å². The fourth-order valence-corrected chi connectivity index (χ4v) is 2.32. The van der Waals surface area contributed by atoms with Gasteiger partial charge in [0.25, 0.3) is 0 Å². The summed E-state index contributed by atoms with van der Waals surface area (Å²) in [7, 11) is 0. The van der Waals surface area contributed by atoms with Crippen LogP contribution < -0.4 is 5.73 Å². The van der Waals surface area contributed by atoms with Crippen LogP contribution in [-0.4, -0.2) is 23.9 Å². The molecule has 17 heavy (non-hydrogen) atoms. The molecule has 0 radical (unpaired) electrons. The van der Waals surface area contributed by atoms with Crippen molar-refractivity contribution >= 4 is 5.91 Å². The maximum Gasteiger partial charge on any atom is 0.223 e. The van der Waals surface area contributed by atoms with Gasteiger partial charge in [-0.2, -0.15) is 0 Å². The third-order valence-corrected chi connectivity index (χ3v) is 3.39. The van der Waals surface area contributed by atoms with Crippen LogP contribution in [0.4, 0.5) is 4.39 Å². The van der Waals surface area contributed by atoms with E-state index in [0.717, 1.165) is 0 Å². The van der Waals surface area contributed by atoms with Gasteiger partial charge >= 0.3 is 0 Å². The van der Waals surface area contributed by atoms with Crippen LogP contribution in [0.5, 0.6) is 0 Å². The summed E-state index contributed by atoms with van der Waals surface area (Å²) in [6.45, 7) is 2.99. The second kappa shape index (κ2) is 4.84. The molecule has 4 heteroatoms. The summed E-state index contributed by atoms with van der Waals surface area (Å²) in [5.41, 5.74) is 6.14. The van der Waals surface area contributed by atoms with Crippen molar-refractivity contribution in [2.75, 3.05) is 13.1 Å². The van der Waals surface area contributed by atoms with Gasteiger partial charge in [0.05, 0.1) is 6.04 Å². The number of rotatable bonds is 3. The Morgan fingerprint density at radius 1 is 1.53 bits per heavy atom. The van der Waals surface area contributed by atoms with E-state index >= 15 is 0 Å². The van der Waals surface area contributed by atoms with Crippen molar-refractivity contribution in [1.29, 1.82) is 0 Å².